The number of aryl methyl sites for hydroxylation is 1. The van der Waals surface area contributed by atoms with Gasteiger partial charge in [0.25, 0.3) is 0 Å². The Morgan fingerprint density at radius 1 is 1.65 bits per heavy atom. The molecule has 1 saturated heterocycles. The molecule has 1 atom stereocenters. The van der Waals surface area contributed by atoms with E-state index in [-0.39, 0.29) is 6.29 Å². The van der Waals surface area contributed by atoms with E-state index < -0.39 is 0 Å². The van der Waals surface area contributed by atoms with Crippen LogP contribution in [0.3, 0.4) is 0 Å². The monoisotopic (exact) mass is 238 g/mol. The molecule has 94 valence electrons. The van der Waals surface area contributed by atoms with Crippen LogP contribution < -0.4 is 0 Å². The fourth-order valence-corrected chi connectivity index (χ4v) is 1.93. The van der Waals surface area contributed by atoms with Gasteiger partial charge in [0.15, 0.2) is 12.6 Å². The van der Waals surface area contributed by atoms with E-state index in [0.717, 1.165) is 31.4 Å². The van der Waals surface area contributed by atoms with Crippen molar-refractivity contribution in [3.05, 3.63) is 17.5 Å². The van der Waals surface area contributed by atoms with E-state index in [4.69, 9.17) is 9.47 Å². The first kappa shape index (κ1) is 12.3. The first-order chi connectivity index (χ1) is 8.29. The smallest absolute Gasteiger partial charge is 0.170 e. The maximum Gasteiger partial charge on any atom is 0.170 e. The second-order valence-corrected chi connectivity index (χ2v) is 4.22. The number of ether oxygens (including phenoxy) is 2. The van der Waals surface area contributed by atoms with Crippen molar-refractivity contribution in [2.75, 3.05) is 13.2 Å². The molecule has 5 heteroatoms. The lowest BCUT2D eigenvalue weighted by molar-refractivity contribution is -0.163. The third-order valence-electron chi connectivity index (χ3n) is 2.87. The minimum absolute atomic E-state index is 0.0647. The quantitative estimate of drug-likeness (QED) is 0.730. The summed E-state index contributed by atoms with van der Waals surface area (Å²) >= 11 is 0. The standard InChI is InChI=1S/C12H18N2O3/c1-10-8-11(9-15)13-14(10)5-7-17-12-4-2-3-6-16-12/h8-9,12H,2-7H2,1H3. The number of hydrogen-bond acceptors (Lipinski definition) is 4. The molecule has 0 spiro atoms. The fraction of sp³-hybridized carbons (Fsp3) is 0.667. The molecule has 0 N–H and O–H groups in total. The number of carbonyl (C=O) groups excluding carboxylic acids is 1. The van der Waals surface area contributed by atoms with E-state index in [1.807, 2.05) is 6.92 Å². The second-order valence-electron chi connectivity index (χ2n) is 4.22. The van der Waals surface area contributed by atoms with Crippen LogP contribution in [0, 0.1) is 6.92 Å². The van der Waals surface area contributed by atoms with Gasteiger partial charge in [0.2, 0.25) is 0 Å². The van der Waals surface area contributed by atoms with Crippen LogP contribution >= 0.6 is 0 Å². The van der Waals surface area contributed by atoms with Gasteiger partial charge in [-0.2, -0.15) is 5.10 Å². The molecule has 2 heterocycles. The minimum Gasteiger partial charge on any atom is -0.353 e. The first-order valence-corrected chi connectivity index (χ1v) is 6.02. The van der Waals surface area contributed by atoms with Gasteiger partial charge in [0, 0.05) is 12.3 Å². The highest BCUT2D eigenvalue weighted by molar-refractivity contribution is 5.71. The Morgan fingerprint density at radius 2 is 2.53 bits per heavy atom. The Hall–Kier alpha value is -1.20. The van der Waals surface area contributed by atoms with E-state index in [1.165, 1.54) is 6.42 Å². The summed E-state index contributed by atoms with van der Waals surface area (Å²) in [7, 11) is 0. The largest absolute Gasteiger partial charge is 0.353 e. The maximum absolute atomic E-state index is 10.6. The van der Waals surface area contributed by atoms with Crippen LogP contribution in [0.2, 0.25) is 0 Å². The summed E-state index contributed by atoms with van der Waals surface area (Å²) in [5.74, 6) is 0. The van der Waals surface area contributed by atoms with Gasteiger partial charge in [-0.3, -0.25) is 9.48 Å². The maximum atomic E-state index is 10.6. The molecule has 0 radical (unpaired) electrons. The zero-order valence-electron chi connectivity index (χ0n) is 10.1. The third kappa shape index (κ3) is 3.38. The van der Waals surface area contributed by atoms with Gasteiger partial charge in [-0.25, -0.2) is 0 Å². The Kier molecular flexibility index (Phi) is 4.28. The van der Waals surface area contributed by atoms with Crippen LogP contribution in [0.15, 0.2) is 6.07 Å². The number of aldehydes is 1. The van der Waals surface area contributed by atoms with Gasteiger partial charge >= 0.3 is 0 Å². The molecule has 1 aromatic rings. The van der Waals surface area contributed by atoms with Gasteiger partial charge in [0.1, 0.15) is 5.69 Å². The molecule has 2 rings (SSSR count). The van der Waals surface area contributed by atoms with Crippen LogP contribution in [0.5, 0.6) is 0 Å². The zero-order valence-corrected chi connectivity index (χ0v) is 10.1. The molecule has 1 aromatic heterocycles. The van der Waals surface area contributed by atoms with Gasteiger partial charge in [0.05, 0.1) is 13.2 Å². The van der Waals surface area contributed by atoms with Gasteiger partial charge in [-0.1, -0.05) is 0 Å². The number of hydrogen-bond donors (Lipinski definition) is 0. The topological polar surface area (TPSA) is 53.4 Å². The van der Waals surface area contributed by atoms with E-state index in [1.54, 1.807) is 10.7 Å². The van der Waals surface area contributed by atoms with Crippen molar-refractivity contribution in [3.63, 3.8) is 0 Å². The SMILES string of the molecule is Cc1cc(C=O)nn1CCOC1CCCCO1. The van der Waals surface area contributed by atoms with Gasteiger partial charge < -0.3 is 9.47 Å². The highest BCUT2D eigenvalue weighted by Crippen LogP contribution is 2.13. The van der Waals surface area contributed by atoms with Crippen molar-refractivity contribution in [2.24, 2.45) is 0 Å². The molecule has 0 bridgehead atoms. The third-order valence-corrected chi connectivity index (χ3v) is 2.87. The van der Waals surface area contributed by atoms with E-state index >= 15 is 0 Å². The summed E-state index contributed by atoms with van der Waals surface area (Å²) in [6, 6.07) is 1.77. The number of nitrogens with zero attached hydrogens (tertiary/aromatic N) is 2. The molecular formula is C12H18N2O3. The number of rotatable bonds is 5. The lowest BCUT2D eigenvalue weighted by Gasteiger charge is -2.22. The van der Waals surface area contributed by atoms with E-state index in [0.29, 0.717) is 18.8 Å². The molecule has 1 aliphatic rings. The van der Waals surface area contributed by atoms with Crippen LogP contribution in [-0.4, -0.2) is 35.6 Å². The fourth-order valence-electron chi connectivity index (χ4n) is 1.93. The lowest BCUT2D eigenvalue weighted by atomic mass is 10.2. The number of aromatic nitrogens is 2. The predicted molar refractivity (Wildman–Crippen MR) is 61.9 cm³/mol. The number of carbonyl (C=O) groups is 1. The van der Waals surface area contributed by atoms with Crippen molar-refractivity contribution in [1.29, 1.82) is 0 Å². The molecule has 5 nitrogen and oxygen atoms in total. The average Bonchev–Trinajstić information content (AvgIpc) is 2.72. The first-order valence-electron chi connectivity index (χ1n) is 6.02. The van der Waals surface area contributed by atoms with Crippen LogP contribution in [-0.2, 0) is 16.0 Å². The Bertz CT molecular complexity index is 370. The summed E-state index contributed by atoms with van der Waals surface area (Å²) in [6.07, 6.45) is 3.96. The summed E-state index contributed by atoms with van der Waals surface area (Å²) < 4.78 is 12.9. The molecule has 0 amide bonds. The summed E-state index contributed by atoms with van der Waals surface area (Å²) in [4.78, 5) is 10.6. The van der Waals surface area contributed by atoms with Gasteiger partial charge in [-0.05, 0) is 32.3 Å². The van der Waals surface area contributed by atoms with E-state index in [2.05, 4.69) is 5.10 Å². The lowest BCUT2D eigenvalue weighted by Crippen LogP contribution is -2.24. The second kappa shape index (κ2) is 5.93. The molecule has 1 aliphatic heterocycles. The summed E-state index contributed by atoms with van der Waals surface area (Å²) in [5.41, 5.74) is 1.44. The average molecular weight is 238 g/mol. The minimum atomic E-state index is -0.0647. The summed E-state index contributed by atoms with van der Waals surface area (Å²) in [5, 5.41) is 4.14. The van der Waals surface area contributed by atoms with Crippen molar-refractivity contribution in [3.8, 4) is 0 Å². The van der Waals surface area contributed by atoms with Crippen molar-refractivity contribution in [2.45, 2.75) is 39.0 Å². The molecule has 17 heavy (non-hydrogen) atoms. The molecule has 0 aliphatic carbocycles. The van der Waals surface area contributed by atoms with Crippen molar-refractivity contribution >= 4 is 6.29 Å². The Morgan fingerprint density at radius 3 is 3.18 bits per heavy atom. The molecule has 1 unspecified atom stereocenters. The Balaban J connectivity index is 1.76. The van der Waals surface area contributed by atoms with Crippen molar-refractivity contribution < 1.29 is 14.3 Å². The zero-order chi connectivity index (χ0) is 12.1. The predicted octanol–water partition coefficient (Wildman–Crippen LogP) is 1.55. The highest BCUT2D eigenvalue weighted by atomic mass is 16.7. The van der Waals surface area contributed by atoms with Crippen LogP contribution in [0.4, 0.5) is 0 Å². The molecular weight excluding hydrogens is 220 g/mol. The highest BCUT2D eigenvalue weighted by Gasteiger charge is 2.13. The van der Waals surface area contributed by atoms with Gasteiger partial charge in [-0.15, -0.1) is 0 Å². The van der Waals surface area contributed by atoms with Crippen molar-refractivity contribution in [1.82, 2.24) is 9.78 Å². The normalized spacial score (nSPS) is 20.4. The Labute approximate surface area is 101 Å². The summed E-state index contributed by atoms with van der Waals surface area (Å²) in [6.45, 7) is 3.93. The molecule has 1 fully saturated rings. The van der Waals surface area contributed by atoms with E-state index in [9.17, 15) is 4.79 Å². The van der Waals surface area contributed by atoms with Crippen LogP contribution in [0.25, 0.3) is 0 Å². The van der Waals surface area contributed by atoms with Crippen LogP contribution in [0.1, 0.15) is 35.4 Å². The molecule has 0 aromatic carbocycles. The molecule has 0 saturated carbocycles.